The average molecular weight is 357 g/mol. The minimum absolute atomic E-state index is 0.0770. The number of carbonyl (C=O) groups excluding carboxylic acids is 1. The van der Waals surface area contributed by atoms with Crippen LogP contribution in [0.2, 0.25) is 0 Å². The van der Waals surface area contributed by atoms with Gasteiger partial charge in [0.05, 0.1) is 18.2 Å². The van der Waals surface area contributed by atoms with Crippen molar-refractivity contribution in [2.45, 2.75) is 50.7 Å². The first-order chi connectivity index (χ1) is 12.2. The molecule has 0 saturated carbocycles. The van der Waals surface area contributed by atoms with Gasteiger partial charge in [-0.15, -0.1) is 0 Å². The number of likely N-dealkylation sites (tertiary alicyclic amines) is 1. The lowest BCUT2D eigenvalue weighted by atomic mass is 9.73. The number of carbonyl (C=O) groups is 1. The van der Waals surface area contributed by atoms with Crippen LogP contribution in [-0.4, -0.2) is 61.1 Å². The Kier molecular flexibility index (Phi) is 4.20. The number of amides is 1. The fourth-order valence-corrected chi connectivity index (χ4v) is 5.31. The highest BCUT2D eigenvalue weighted by Crippen LogP contribution is 2.55. The number of benzene rings is 1. The van der Waals surface area contributed by atoms with E-state index in [1.54, 1.807) is 0 Å². The first-order valence-corrected chi connectivity index (χ1v) is 9.92. The third-order valence-corrected chi connectivity index (χ3v) is 6.64. The van der Waals surface area contributed by atoms with Crippen molar-refractivity contribution in [3.05, 3.63) is 35.4 Å². The molecule has 1 aromatic rings. The number of fused-ring (bicyclic) bond motifs is 1. The molecule has 142 valence electrons. The molecule has 3 aliphatic rings. The molecule has 0 aromatic heterocycles. The second kappa shape index (κ2) is 6.07. The van der Waals surface area contributed by atoms with Crippen LogP contribution in [0.4, 0.5) is 0 Å². The summed E-state index contributed by atoms with van der Waals surface area (Å²) in [5, 5.41) is 0. The standard InChI is InChI=1S/C22H32N2O2/c1-21(2,3)16-8-6-15(7-9-16)20(25)24-13-18-17(12-23(4)5)19-10-11-22(18,14-24)26-19/h6-9,17-19H,10-14H2,1-5H3/t17-,18+,19+,22+/m0/s1. The van der Waals surface area contributed by atoms with Crippen LogP contribution in [0.25, 0.3) is 0 Å². The summed E-state index contributed by atoms with van der Waals surface area (Å²) in [6.45, 7) is 9.25. The van der Waals surface area contributed by atoms with E-state index in [1.165, 1.54) is 5.56 Å². The van der Waals surface area contributed by atoms with Crippen LogP contribution in [0, 0.1) is 11.8 Å². The molecule has 0 radical (unpaired) electrons. The van der Waals surface area contributed by atoms with Crippen molar-refractivity contribution in [2.24, 2.45) is 11.8 Å². The molecule has 3 aliphatic heterocycles. The van der Waals surface area contributed by atoms with Gasteiger partial charge in [0.1, 0.15) is 0 Å². The van der Waals surface area contributed by atoms with Crippen molar-refractivity contribution in [2.75, 3.05) is 33.7 Å². The molecule has 0 N–H and O–H groups in total. The van der Waals surface area contributed by atoms with Crippen LogP contribution in [0.15, 0.2) is 24.3 Å². The van der Waals surface area contributed by atoms with E-state index >= 15 is 0 Å². The van der Waals surface area contributed by atoms with Gasteiger partial charge in [0.15, 0.2) is 0 Å². The SMILES string of the molecule is CN(C)C[C@H]1[C@H]2CN(C(=O)c3ccc(C(C)(C)C)cc3)C[C@]23CC[C@H]1O3. The molecule has 1 aromatic carbocycles. The average Bonchev–Trinajstić information content (AvgIpc) is 3.23. The summed E-state index contributed by atoms with van der Waals surface area (Å²) in [5.41, 5.74) is 2.09. The Morgan fingerprint density at radius 2 is 1.96 bits per heavy atom. The van der Waals surface area contributed by atoms with Gasteiger partial charge in [-0.2, -0.15) is 0 Å². The number of hydrogen-bond acceptors (Lipinski definition) is 3. The lowest BCUT2D eigenvalue weighted by Gasteiger charge is -2.30. The minimum Gasteiger partial charge on any atom is -0.369 e. The zero-order valence-corrected chi connectivity index (χ0v) is 16.8. The largest absolute Gasteiger partial charge is 0.369 e. The molecule has 3 saturated heterocycles. The van der Waals surface area contributed by atoms with E-state index in [4.69, 9.17) is 4.74 Å². The summed E-state index contributed by atoms with van der Waals surface area (Å²) in [6.07, 6.45) is 2.65. The zero-order chi connectivity index (χ0) is 18.7. The van der Waals surface area contributed by atoms with Crippen molar-refractivity contribution >= 4 is 5.91 Å². The van der Waals surface area contributed by atoms with Crippen molar-refractivity contribution in [3.63, 3.8) is 0 Å². The Labute approximate surface area is 157 Å². The molecule has 1 spiro atoms. The molecule has 4 rings (SSSR count). The maximum atomic E-state index is 13.1. The van der Waals surface area contributed by atoms with Crippen molar-refractivity contribution in [1.82, 2.24) is 9.80 Å². The van der Waals surface area contributed by atoms with Crippen LogP contribution in [0.1, 0.15) is 49.5 Å². The summed E-state index contributed by atoms with van der Waals surface area (Å²) in [4.78, 5) is 17.4. The normalized spacial score (nSPS) is 33.2. The molecule has 4 heteroatoms. The number of ether oxygens (including phenoxy) is 1. The number of nitrogens with zero attached hydrogens (tertiary/aromatic N) is 2. The van der Waals surface area contributed by atoms with Crippen LogP contribution in [0.3, 0.4) is 0 Å². The van der Waals surface area contributed by atoms with Crippen molar-refractivity contribution < 1.29 is 9.53 Å². The molecule has 4 atom stereocenters. The minimum atomic E-state index is -0.0770. The van der Waals surface area contributed by atoms with E-state index in [-0.39, 0.29) is 16.9 Å². The summed E-state index contributed by atoms with van der Waals surface area (Å²) in [6, 6.07) is 8.17. The summed E-state index contributed by atoms with van der Waals surface area (Å²) in [7, 11) is 4.26. The Morgan fingerprint density at radius 3 is 2.58 bits per heavy atom. The number of hydrogen-bond donors (Lipinski definition) is 0. The summed E-state index contributed by atoms with van der Waals surface area (Å²) >= 11 is 0. The van der Waals surface area contributed by atoms with Gasteiger partial charge in [-0.25, -0.2) is 0 Å². The molecular formula is C22H32N2O2. The van der Waals surface area contributed by atoms with E-state index in [2.05, 4.69) is 51.9 Å². The highest BCUT2D eigenvalue weighted by molar-refractivity contribution is 5.94. The maximum Gasteiger partial charge on any atom is 0.253 e. The van der Waals surface area contributed by atoms with Gasteiger partial charge in [-0.3, -0.25) is 4.79 Å². The van der Waals surface area contributed by atoms with Crippen molar-refractivity contribution in [1.29, 1.82) is 0 Å². The second-order valence-corrected chi connectivity index (χ2v) is 9.81. The second-order valence-electron chi connectivity index (χ2n) is 9.81. The fraction of sp³-hybridized carbons (Fsp3) is 0.682. The molecule has 2 bridgehead atoms. The molecule has 4 nitrogen and oxygen atoms in total. The Balaban J connectivity index is 1.51. The van der Waals surface area contributed by atoms with Crippen LogP contribution in [-0.2, 0) is 10.2 Å². The van der Waals surface area contributed by atoms with Gasteiger partial charge < -0.3 is 14.5 Å². The van der Waals surface area contributed by atoms with Gasteiger partial charge in [0.25, 0.3) is 5.91 Å². The first-order valence-electron chi connectivity index (χ1n) is 9.92. The van der Waals surface area contributed by atoms with Crippen LogP contribution >= 0.6 is 0 Å². The van der Waals surface area contributed by atoms with E-state index in [0.717, 1.165) is 38.0 Å². The first kappa shape index (κ1) is 18.0. The molecule has 3 heterocycles. The smallest absolute Gasteiger partial charge is 0.253 e. The topological polar surface area (TPSA) is 32.8 Å². The van der Waals surface area contributed by atoms with E-state index in [9.17, 15) is 4.79 Å². The Bertz CT molecular complexity index is 691. The molecule has 0 aliphatic carbocycles. The summed E-state index contributed by atoms with van der Waals surface area (Å²) < 4.78 is 6.46. The quantitative estimate of drug-likeness (QED) is 0.834. The fourth-order valence-electron chi connectivity index (χ4n) is 5.31. The van der Waals surface area contributed by atoms with E-state index in [0.29, 0.717) is 17.9 Å². The lowest BCUT2D eigenvalue weighted by molar-refractivity contribution is 0.00256. The Hall–Kier alpha value is -1.39. The zero-order valence-electron chi connectivity index (χ0n) is 16.8. The van der Waals surface area contributed by atoms with Gasteiger partial charge >= 0.3 is 0 Å². The van der Waals surface area contributed by atoms with Crippen LogP contribution < -0.4 is 0 Å². The third kappa shape index (κ3) is 2.87. The molecule has 1 amide bonds. The molecule has 0 unspecified atom stereocenters. The molecule has 3 fully saturated rings. The summed E-state index contributed by atoms with van der Waals surface area (Å²) in [5.74, 6) is 1.20. The monoisotopic (exact) mass is 356 g/mol. The Morgan fingerprint density at radius 1 is 1.27 bits per heavy atom. The van der Waals surface area contributed by atoms with Crippen LogP contribution in [0.5, 0.6) is 0 Å². The third-order valence-electron chi connectivity index (χ3n) is 6.64. The highest BCUT2D eigenvalue weighted by Gasteiger charge is 2.63. The van der Waals surface area contributed by atoms with Gasteiger partial charge in [-0.05, 0) is 50.0 Å². The maximum absolute atomic E-state index is 13.1. The predicted octanol–water partition coefficient (Wildman–Crippen LogP) is 3.17. The highest BCUT2D eigenvalue weighted by atomic mass is 16.5. The van der Waals surface area contributed by atoms with E-state index in [1.807, 2.05) is 17.0 Å². The van der Waals surface area contributed by atoms with Crippen molar-refractivity contribution in [3.8, 4) is 0 Å². The number of rotatable bonds is 3. The molecule has 26 heavy (non-hydrogen) atoms. The predicted molar refractivity (Wildman–Crippen MR) is 103 cm³/mol. The molecular weight excluding hydrogens is 324 g/mol. The van der Waals surface area contributed by atoms with E-state index < -0.39 is 0 Å². The van der Waals surface area contributed by atoms with Gasteiger partial charge in [0, 0.05) is 30.5 Å². The van der Waals surface area contributed by atoms with Gasteiger partial charge in [-0.1, -0.05) is 32.9 Å². The van der Waals surface area contributed by atoms with Gasteiger partial charge in [0.2, 0.25) is 0 Å². The lowest BCUT2D eigenvalue weighted by Crippen LogP contribution is -2.40.